The van der Waals surface area contributed by atoms with Gasteiger partial charge in [0.15, 0.2) is 16.7 Å². The SMILES string of the molecule is CC(=O)N1CCC(c2csc(Nc3ncccc3Oc3cccc(Sc4ccnc5cc(C)sc45)c3)n2)CC1. The Labute approximate surface area is 239 Å². The molecule has 4 aromatic heterocycles. The first-order valence-corrected chi connectivity index (χ1v) is 15.3. The van der Waals surface area contributed by atoms with Crippen molar-refractivity contribution in [3.63, 3.8) is 0 Å². The molecule has 1 fully saturated rings. The number of hydrogen-bond donors (Lipinski definition) is 1. The highest BCUT2D eigenvalue weighted by Crippen LogP contribution is 2.39. The fourth-order valence-electron chi connectivity index (χ4n) is 4.66. The number of thiophene rings is 1. The lowest BCUT2D eigenvalue weighted by Crippen LogP contribution is -2.36. The molecular formula is C29H27N5O2S3. The van der Waals surface area contributed by atoms with Gasteiger partial charge < -0.3 is 15.0 Å². The summed E-state index contributed by atoms with van der Waals surface area (Å²) in [7, 11) is 0. The van der Waals surface area contributed by atoms with Crippen LogP contribution in [-0.2, 0) is 4.79 Å². The van der Waals surface area contributed by atoms with Gasteiger partial charge in [-0.1, -0.05) is 17.8 Å². The second-order valence-corrected chi connectivity index (χ2v) is 12.6. The van der Waals surface area contributed by atoms with Crippen LogP contribution in [0.1, 0.15) is 36.3 Å². The number of piperidine rings is 1. The highest BCUT2D eigenvalue weighted by Gasteiger charge is 2.24. The predicted molar refractivity (Wildman–Crippen MR) is 159 cm³/mol. The van der Waals surface area contributed by atoms with E-state index in [4.69, 9.17) is 9.72 Å². The van der Waals surface area contributed by atoms with Crippen molar-refractivity contribution in [1.29, 1.82) is 0 Å². The molecule has 6 rings (SSSR count). The number of pyridine rings is 2. The van der Waals surface area contributed by atoms with Crippen LogP contribution < -0.4 is 10.1 Å². The van der Waals surface area contributed by atoms with Crippen molar-refractivity contribution in [3.05, 3.63) is 76.9 Å². The van der Waals surface area contributed by atoms with Crippen LogP contribution in [0.2, 0.25) is 0 Å². The first kappa shape index (κ1) is 25.8. The van der Waals surface area contributed by atoms with Crippen molar-refractivity contribution < 1.29 is 9.53 Å². The average molecular weight is 574 g/mol. The maximum Gasteiger partial charge on any atom is 0.219 e. The highest BCUT2D eigenvalue weighted by atomic mass is 32.2. The summed E-state index contributed by atoms with van der Waals surface area (Å²) in [5, 5.41) is 6.23. The molecule has 10 heteroatoms. The number of anilines is 2. The van der Waals surface area contributed by atoms with E-state index in [1.54, 1.807) is 47.6 Å². The third-order valence-electron chi connectivity index (χ3n) is 6.64. The summed E-state index contributed by atoms with van der Waals surface area (Å²) < 4.78 is 7.51. The standard InChI is InChI=1S/C29H27N5O2S3/c1-18-15-23-27(38-18)26(8-12-30-23)39-22-6-3-5-21(16-22)36-25-7-4-11-31-28(25)33-29-32-24(17-37-29)20-9-13-34(14-10-20)19(2)35/h3-8,11-12,15-17,20H,9-10,13-14H2,1-2H3,(H,31,32,33). The summed E-state index contributed by atoms with van der Waals surface area (Å²) in [6.07, 6.45) is 5.48. The number of hydrogen-bond acceptors (Lipinski definition) is 9. The second-order valence-electron chi connectivity index (χ2n) is 9.39. The maximum absolute atomic E-state index is 11.6. The lowest BCUT2D eigenvalue weighted by atomic mass is 9.94. The third kappa shape index (κ3) is 5.93. The summed E-state index contributed by atoms with van der Waals surface area (Å²) in [4.78, 5) is 30.9. The van der Waals surface area contributed by atoms with Crippen molar-refractivity contribution in [1.82, 2.24) is 19.9 Å². The minimum Gasteiger partial charge on any atom is -0.453 e. The molecule has 0 spiro atoms. The monoisotopic (exact) mass is 573 g/mol. The van der Waals surface area contributed by atoms with E-state index in [0.717, 1.165) is 52.9 Å². The molecule has 198 valence electrons. The molecule has 0 unspecified atom stereocenters. The molecule has 0 atom stereocenters. The van der Waals surface area contributed by atoms with E-state index in [-0.39, 0.29) is 5.91 Å². The summed E-state index contributed by atoms with van der Waals surface area (Å²) in [6.45, 7) is 5.32. The van der Waals surface area contributed by atoms with Gasteiger partial charge in [-0.05, 0) is 62.2 Å². The van der Waals surface area contributed by atoms with Crippen LogP contribution >= 0.6 is 34.4 Å². The average Bonchev–Trinajstić information content (AvgIpc) is 3.56. The van der Waals surface area contributed by atoms with Crippen LogP contribution in [0.25, 0.3) is 10.2 Å². The first-order valence-electron chi connectivity index (χ1n) is 12.8. The fourth-order valence-corrected chi connectivity index (χ4v) is 7.48. The molecule has 1 aromatic carbocycles. The summed E-state index contributed by atoms with van der Waals surface area (Å²) >= 11 is 5.04. The van der Waals surface area contributed by atoms with Gasteiger partial charge >= 0.3 is 0 Å². The molecule has 0 bridgehead atoms. The van der Waals surface area contributed by atoms with E-state index < -0.39 is 0 Å². The van der Waals surface area contributed by atoms with Gasteiger partial charge in [-0.3, -0.25) is 9.78 Å². The predicted octanol–water partition coefficient (Wildman–Crippen LogP) is 7.87. The van der Waals surface area contributed by atoms with E-state index in [1.165, 1.54) is 14.5 Å². The molecule has 1 aliphatic rings. The zero-order valence-corrected chi connectivity index (χ0v) is 24.0. The molecule has 7 nitrogen and oxygen atoms in total. The van der Waals surface area contributed by atoms with Gasteiger partial charge in [-0.15, -0.1) is 22.7 Å². The first-order chi connectivity index (χ1) is 19.0. The number of ether oxygens (including phenoxy) is 1. The summed E-state index contributed by atoms with van der Waals surface area (Å²) in [5.41, 5.74) is 2.10. The van der Waals surface area contributed by atoms with Crippen molar-refractivity contribution in [2.75, 3.05) is 18.4 Å². The number of aromatic nitrogens is 3. The van der Waals surface area contributed by atoms with Crippen LogP contribution in [-0.4, -0.2) is 38.8 Å². The molecule has 5 heterocycles. The Hall–Kier alpha value is -3.47. The lowest BCUT2D eigenvalue weighted by Gasteiger charge is -2.30. The minimum atomic E-state index is 0.146. The number of fused-ring (bicyclic) bond motifs is 1. The van der Waals surface area contributed by atoms with Crippen LogP contribution in [0, 0.1) is 6.92 Å². The minimum absolute atomic E-state index is 0.146. The van der Waals surface area contributed by atoms with Crippen molar-refractivity contribution in [2.24, 2.45) is 0 Å². The van der Waals surface area contributed by atoms with Gasteiger partial charge in [0.1, 0.15) is 5.75 Å². The molecule has 1 aliphatic heterocycles. The molecule has 0 saturated carbocycles. The quantitative estimate of drug-likeness (QED) is 0.212. The molecule has 0 radical (unpaired) electrons. The fraction of sp³-hybridized carbons (Fsp3) is 0.241. The molecule has 1 amide bonds. The molecule has 1 saturated heterocycles. The zero-order chi connectivity index (χ0) is 26.8. The Morgan fingerprint density at radius 2 is 1.97 bits per heavy atom. The van der Waals surface area contributed by atoms with Gasteiger partial charge in [-0.25, -0.2) is 9.97 Å². The van der Waals surface area contributed by atoms with Crippen LogP contribution in [0.5, 0.6) is 11.5 Å². The molecule has 39 heavy (non-hydrogen) atoms. The highest BCUT2D eigenvalue weighted by molar-refractivity contribution is 7.99. The number of nitrogens with one attached hydrogen (secondary N) is 1. The Morgan fingerprint density at radius 1 is 1.10 bits per heavy atom. The number of carbonyl (C=O) groups is 1. The molecular weight excluding hydrogens is 547 g/mol. The Kier molecular flexibility index (Phi) is 7.49. The van der Waals surface area contributed by atoms with Gasteiger partial charge in [0.2, 0.25) is 5.91 Å². The van der Waals surface area contributed by atoms with Crippen LogP contribution in [0.15, 0.2) is 76.1 Å². The van der Waals surface area contributed by atoms with Gasteiger partial charge in [-0.2, -0.15) is 0 Å². The van der Waals surface area contributed by atoms with Crippen molar-refractivity contribution >= 4 is 61.5 Å². The van der Waals surface area contributed by atoms with Crippen molar-refractivity contribution in [3.8, 4) is 11.5 Å². The van der Waals surface area contributed by atoms with Gasteiger partial charge in [0, 0.05) is 58.4 Å². The largest absolute Gasteiger partial charge is 0.453 e. The third-order valence-corrected chi connectivity index (χ3v) is 9.66. The number of rotatable bonds is 7. The number of likely N-dealkylation sites (tertiary alicyclic amines) is 1. The second kappa shape index (κ2) is 11.3. The Balaban J connectivity index is 1.15. The van der Waals surface area contributed by atoms with E-state index in [9.17, 15) is 4.79 Å². The topological polar surface area (TPSA) is 80.2 Å². The van der Waals surface area contributed by atoms with Gasteiger partial charge in [0.25, 0.3) is 0 Å². The summed E-state index contributed by atoms with van der Waals surface area (Å²) in [6, 6.07) is 16.0. The van der Waals surface area contributed by atoms with Crippen LogP contribution in [0.3, 0.4) is 0 Å². The molecule has 0 aliphatic carbocycles. The number of aryl methyl sites for hydroxylation is 1. The molecule has 1 N–H and O–H groups in total. The van der Waals surface area contributed by atoms with Crippen LogP contribution in [0.4, 0.5) is 10.9 Å². The number of carbonyl (C=O) groups excluding carboxylic acids is 1. The van der Waals surface area contributed by atoms with Crippen molar-refractivity contribution in [2.45, 2.75) is 42.4 Å². The number of nitrogens with zero attached hydrogens (tertiary/aromatic N) is 4. The van der Waals surface area contributed by atoms with E-state index in [0.29, 0.717) is 17.5 Å². The zero-order valence-electron chi connectivity index (χ0n) is 21.6. The lowest BCUT2D eigenvalue weighted by molar-refractivity contribution is -0.129. The number of benzene rings is 1. The number of thiazole rings is 1. The van der Waals surface area contributed by atoms with E-state index in [2.05, 4.69) is 45.8 Å². The smallest absolute Gasteiger partial charge is 0.219 e. The Bertz CT molecular complexity index is 1620. The maximum atomic E-state index is 11.6. The normalized spacial score (nSPS) is 14.1. The Morgan fingerprint density at radius 3 is 2.82 bits per heavy atom. The van der Waals surface area contributed by atoms with Gasteiger partial charge in [0.05, 0.1) is 15.9 Å². The van der Waals surface area contributed by atoms with E-state index in [1.807, 2.05) is 41.4 Å². The van der Waals surface area contributed by atoms with E-state index >= 15 is 0 Å². The number of amides is 1. The summed E-state index contributed by atoms with van der Waals surface area (Å²) in [5.74, 6) is 2.50. The molecule has 5 aromatic rings.